The van der Waals surface area contributed by atoms with Gasteiger partial charge in [0.25, 0.3) is 0 Å². The minimum absolute atomic E-state index is 0.199. The van der Waals surface area contributed by atoms with Crippen LogP contribution in [0.4, 0.5) is 0 Å². The molecule has 3 nitrogen and oxygen atoms in total. The number of hydrogen-bond acceptors (Lipinski definition) is 3. The van der Waals surface area contributed by atoms with Gasteiger partial charge in [0.1, 0.15) is 11.2 Å². The van der Waals surface area contributed by atoms with Gasteiger partial charge in [-0.15, -0.1) is 0 Å². The number of carbonyl (C=O) groups excluding carboxylic acids is 2. The Morgan fingerprint density at radius 2 is 1.57 bits per heavy atom. The molecule has 23 heavy (non-hydrogen) atoms. The molecule has 0 fully saturated rings. The van der Waals surface area contributed by atoms with E-state index in [1.807, 2.05) is 0 Å². The first-order valence-electron chi connectivity index (χ1n) is 7.18. The first-order valence-corrected chi connectivity index (χ1v) is 7.56. The van der Waals surface area contributed by atoms with Crippen LogP contribution in [0.1, 0.15) is 18.1 Å². The molecule has 1 unspecified atom stereocenters. The fourth-order valence-electron chi connectivity index (χ4n) is 2.76. The number of hydrogen-bond donors (Lipinski definition) is 0. The van der Waals surface area contributed by atoms with Gasteiger partial charge >= 0.3 is 0 Å². The van der Waals surface area contributed by atoms with E-state index in [0.29, 0.717) is 27.5 Å². The van der Waals surface area contributed by atoms with E-state index >= 15 is 0 Å². The van der Waals surface area contributed by atoms with E-state index in [9.17, 15) is 9.59 Å². The number of Topliss-reactive ketones (excluding diaryl/α,β-unsaturated/α-hetero) is 1. The fourth-order valence-corrected chi connectivity index (χ4v) is 2.89. The second kappa shape index (κ2) is 5.67. The first-order chi connectivity index (χ1) is 11.0. The van der Waals surface area contributed by atoms with E-state index in [2.05, 4.69) is 0 Å². The Labute approximate surface area is 139 Å². The van der Waals surface area contributed by atoms with Crippen molar-refractivity contribution in [1.29, 1.82) is 0 Å². The topological polar surface area (TPSA) is 43.4 Å². The van der Waals surface area contributed by atoms with Crippen molar-refractivity contribution in [3.63, 3.8) is 0 Å². The van der Waals surface area contributed by atoms with E-state index in [1.165, 1.54) is 6.08 Å². The van der Waals surface area contributed by atoms with Gasteiger partial charge in [0.05, 0.1) is 7.11 Å². The van der Waals surface area contributed by atoms with Crippen LogP contribution in [0.2, 0.25) is 5.02 Å². The Balaban J connectivity index is 2.00. The molecule has 0 saturated heterocycles. The summed E-state index contributed by atoms with van der Waals surface area (Å²) in [5.74, 6) is 0.289. The van der Waals surface area contributed by atoms with E-state index in [4.69, 9.17) is 16.3 Å². The Morgan fingerprint density at radius 1 is 0.957 bits per heavy atom. The molecule has 0 N–H and O–H groups in total. The van der Waals surface area contributed by atoms with Crippen LogP contribution in [0, 0.1) is 0 Å². The second-order valence-corrected chi connectivity index (χ2v) is 6.05. The highest BCUT2D eigenvalue weighted by Gasteiger charge is 2.47. The lowest BCUT2D eigenvalue weighted by Gasteiger charge is -2.22. The highest BCUT2D eigenvalue weighted by atomic mass is 35.5. The Kier molecular flexibility index (Phi) is 3.82. The van der Waals surface area contributed by atoms with Crippen LogP contribution in [0.3, 0.4) is 0 Å². The number of halogens is 1. The molecular formula is C19H15ClO3. The summed E-state index contributed by atoms with van der Waals surface area (Å²) in [6, 6.07) is 13.9. The molecule has 4 heteroatoms. The lowest BCUT2D eigenvalue weighted by Crippen LogP contribution is -2.35. The summed E-state index contributed by atoms with van der Waals surface area (Å²) in [6.07, 6.45) is 1.43. The van der Waals surface area contributed by atoms with Crippen LogP contribution in [0.5, 0.6) is 5.75 Å². The smallest absolute Gasteiger partial charge is 0.181 e. The fraction of sp³-hybridized carbons (Fsp3) is 0.158. The standard InChI is InChI=1S/C19H15ClO3/c1-19(13-5-7-14(20)8-6-13)17(21)11-16(18(19)22)12-3-9-15(23-2)10-4-12/h3-11H,1-2H3. The van der Waals surface area contributed by atoms with Gasteiger partial charge in [-0.25, -0.2) is 0 Å². The molecule has 0 amide bonds. The van der Waals surface area contributed by atoms with Crippen molar-refractivity contribution in [2.24, 2.45) is 0 Å². The van der Waals surface area contributed by atoms with Gasteiger partial charge in [0.15, 0.2) is 11.6 Å². The molecule has 1 aliphatic rings. The molecule has 2 aromatic carbocycles. The zero-order valence-electron chi connectivity index (χ0n) is 12.8. The van der Waals surface area contributed by atoms with Crippen molar-refractivity contribution >= 4 is 28.7 Å². The largest absolute Gasteiger partial charge is 0.497 e. The molecular weight excluding hydrogens is 312 g/mol. The van der Waals surface area contributed by atoms with E-state index in [0.717, 1.165) is 0 Å². The molecule has 0 heterocycles. The zero-order chi connectivity index (χ0) is 16.6. The monoisotopic (exact) mass is 326 g/mol. The van der Waals surface area contributed by atoms with Gasteiger partial charge in [-0.1, -0.05) is 35.9 Å². The van der Waals surface area contributed by atoms with Crippen LogP contribution in [0.15, 0.2) is 54.6 Å². The number of allylic oxidation sites excluding steroid dienone is 2. The van der Waals surface area contributed by atoms with Crippen molar-refractivity contribution < 1.29 is 14.3 Å². The maximum absolute atomic E-state index is 12.9. The molecule has 2 aromatic rings. The summed E-state index contributed by atoms with van der Waals surface area (Å²) < 4.78 is 5.12. The summed E-state index contributed by atoms with van der Waals surface area (Å²) >= 11 is 5.89. The van der Waals surface area contributed by atoms with Gasteiger partial charge in [-0.3, -0.25) is 9.59 Å². The summed E-state index contributed by atoms with van der Waals surface area (Å²) in [5.41, 5.74) is 0.591. The third-order valence-electron chi connectivity index (χ3n) is 4.29. The molecule has 1 aliphatic carbocycles. The summed E-state index contributed by atoms with van der Waals surface area (Å²) in [6.45, 7) is 1.66. The van der Waals surface area contributed by atoms with Crippen LogP contribution in [-0.2, 0) is 15.0 Å². The van der Waals surface area contributed by atoms with Crippen LogP contribution >= 0.6 is 11.6 Å². The quantitative estimate of drug-likeness (QED) is 0.805. The Hall–Kier alpha value is -2.39. The van der Waals surface area contributed by atoms with Crippen molar-refractivity contribution in [3.8, 4) is 5.75 Å². The lowest BCUT2D eigenvalue weighted by atomic mass is 9.77. The predicted molar refractivity (Wildman–Crippen MR) is 89.8 cm³/mol. The van der Waals surface area contributed by atoms with E-state index < -0.39 is 5.41 Å². The van der Waals surface area contributed by atoms with E-state index in [1.54, 1.807) is 62.6 Å². The molecule has 3 rings (SSSR count). The predicted octanol–water partition coefficient (Wildman–Crippen LogP) is 3.84. The molecule has 116 valence electrons. The number of ether oxygens (including phenoxy) is 1. The lowest BCUT2D eigenvalue weighted by molar-refractivity contribution is -0.127. The summed E-state index contributed by atoms with van der Waals surface area (Å²) in [4.78, 5) is 25.5. The van der Waals surface area contributed by atoms with Crippen molar-refractivity contribution in [1.82, 2.24) is 0 Å². The number of methoxy groups -OCH3 is 1. The molecule has 0 radical (unpaired) electrons. The number of benzene rings is 2. The highest BCUT2D eigenvalue weighted by Crippen LogP contribution is 2.39. The van der Waals surface area contributed by atoms with Crippen molar-refractivity contribution in [2.75, 3.05) is 7.11 Å². The van der Waals surface area contributed by atoms with Gasteiger partial charge in [0.2, 0.25) is 0 Å². The minimum Gasteiger partial charge on any atom is -0.497 e. The molecule has 0 aromatic heterocycles. The SMILES string of the molecule is COc1ccc(C2=CC(=O)C(C)(c3ccc(Cl)cc3)C2=O)cc1. The van der Waals surface area contributed by atoms with Gasteiger partial charge < -0.3 is 4.74 Å². The normalized spacial score (nSPS) is 20.6. The third-order valence-corrected chi connectivity index (χ3v) is 4.54. The molecule has 0 saturated carbocycles. The molecule has 1 atom stereocenters. The molecule has 0 spiro atoms. The number of rotatable bonds is 3. The maximum Gasteiger partial charge on any atom is 0.181 e. The zero-order valence-corrected chi connectivity index (χ0v) is 13.6. The van der Waals surface area contributed by atoms with Gasteiger partial charge in [-0.2, -0.15) is 0 Å². The van der Waals surface area contributed by atoms with Gasteiger partial charge in [0, 0.05) is 10.6 Å². The van der Waals surface area contributed by atoms with Crippen LogP contribution in [-0.4, -0.2) is 18.7 Å². The number of carbonyl (C=O) groups is 2. The maximum atomic E-state index is 12.9. The molecule has 0 bridgehead atoms. The highest BCUT2D eigenvalue weighted by molar-refractivity contribution is 6.42. The average molecular weight is 327 g/mol. The second-order valence-electron chi connectivity index (χ2n) is 5.61. The Bertz CT molecular complexity index is 804. The van der Waals surface area contributed by atoms with E-state index in [-0.39, 0.29) is 11.6 Å². The third kappa shape index (κ3) is 2.47. The minimum atomic E-state index is -1.19. The Morgan fingerprint density at radius 3 is 2.13 bits per heavy atom. The first kappa shape index (κ1) is 15.5. The van der Waals surface area contributed by atoms with Gasteiger partial charge in [-0.05, 0) is 48.4 Å². The number of ketones is 2. The molecule has 0 aliphatic heterocycles. The van der Waals surface area contributed by atoms with Crippen LogP contribution in [0.25, 0.3) is 5.57 Å². The average Bonchev–Trinajstić information content (AvgIpc) is 2.80. The van der Waals surface area contributed by atoms with Crippen molar-refractivity contribution in [3.05, 3.63) is 70.8 Å². The van der Waals surface area contributed by atoms with Crippen molar-refractivity contribution in [2.45, 2.75) is 12.3 Å². The van der Waals surface area contributed by atoms with Crippen LogP contribution < -0.4 is 4.74 Å². The summed E-state index contributed by atoms with van der Waals surface area (Å²) in [7, 11) is 1.58. The summed E-state index contributed by atoms with van der Waals surface area (Å²) in [5, 5.41) is 0.568.